The lowest BCUT2D eigenvalue weighted by Gasteiger charge is -2.49. The van der Waals surface area contributed by atoms with E-state index in [2.05, 4.69) is 22.1 Å². The second kappa shape index (κ2) is 7.18. The molecule has 6 rings (SSSR count). The summed E-state index contributed by atoms with van der Waals surface area (Å²) in [4.78, 5) is 19.6. The van der Waals surface area contributed by atoms with Crippen molar-refractivity contribution in [1.29, 1.82) is 0 Å². The van der Waals surface area contributed by atoms with Gasteiger partial charge in [0.2, 0.25) is 0 Å². The number of carbonyl (C=O) groups excluding carboxylic acids is 1. The molecule has 3 saturated heterocycles. The molecule has 2 atom stereocenters. The molecule has 2 bridgehead atoms. The van der Waals surface area contributed by atoms with Crippen molar-refractivity contribution in [1.82, 2.24) is 15.2 Å². The highest BCUT2D eigenvalue weighted by Crippen LogP contribution is 2.32. The van der Waals surface area contributed by atoms with E-state index in [0.29, 0.717) is 23.5 Å². The zero-order valence-electron chi connectivity index (χ0n) is 15.8. The fraction of sp³-hybridized carbons (Fsp3) is 0.364. The molecule has 1 N–H and O–H groups in total. The molecule has 3 aromatic rings. The smallest absolute Gasteiger partial charge is 0.287 e. The molecule has 3 fully saturated rings. The maximum atomic E-state index is 12.8. The average Bonchev–Trinajstić information content (AvgIpc) is 3.43. The summed E-state index contributed by atoms with van der Waals surface area (Å²) in [6.45, 7) is 4.52. The molecule has 3 aliphatic rings. The Morgan fingerprint density at radius 1 is 1.14 bits per heavy atom. The summed E-state index contributed by atoms with van der Waals surface area (Å²) in [5, 5.41) is 6.19. The Bertz CT molecular complexity index is 954. The van der Waals surface area contributed by atoms with Gasteiger partial charge in [-0.05, 0) is 50.9 Å². The van der Waals surface area contributed by atoms with Crippen molar-refractivity contribution >= 4 is 17.2 Å². The molecule has 2 aromatic heterocycles. The van der Waals surface area contributed by atoms with Crippen LogP contribution in [0.3, 0.4) is 0 Å². The Hall–Kier alpha value is -2.44. The molecule has 3 aliphatic heterocycles. The standard InChI is InChI=1S/C22H23N3O2S/c1-14-20(16-8-11-25(14)12-9-16)24-21(26)19-7-6-18(27-19)15-2-4-17(5-3-15)22-23-10-13-28-22/h2-7,10,13-14,16,20H,8-9,11-12H2,1H3,(H,24,26)/t14-,20-/m0/s1. The van der Waals surface area contributed by atoms with Gasteiger partial charge in [0.15, 0.2) is 5.76 Å². The number of piperidine rings is 3. The summed E-state index contributed by atoms with van der Waals surface area (Å²) in [7, 11) is 0. The molecule has 6 heteroatoms. The van der Waals surface area contributed by atoms with Gasteiger partial charge in [-0.1, -0.05) is 24.3 Å². The minimum atomic E-state index is -0.115. The largest absolute Gasteiger partial charge is 0.451 e. The number of rotatable bonds is 4. The van der Waals surface area contributed by atoms with E-state index < -0.39 is 0 Å². The summed E-state index contributed by atoms with van der Waals surface area (Å²) in [6.07, 6.45) is 4.15. The molecule has 0 unspecified atom stereocenters. The van der Waals surface area contributed by atoms with Crippen molar-refractivity contribution in [2.75, 3.05) is 13.1 Å². The summed E-state index contributed by atoms with van der Waals surface area (Å²) in [5.41, 5.74) is 2.04. The fourth-order valence-electron chi connectivity index (χ4n) is 4.53. The van der Waals surface area contributed by atoms with Crippen LogP contribution >= 0.6 is 11.3 Å². The van der Waals surface area contributed by atoms with Gasteiger partial charge in [0.25, 0.3) is 5.91 Å². The van der Waals surface area contributed by atoms with E-state index in [0.717, 1.165) is 29.2 Å². The highest BCUT2D eigenvalue weighted by Gasteiger charge is 2.40. The van der Waals surface area contributed by atoms with Crippen LogP contribution in [0.25, 0.3) is 21.9 Å². The molecule has 0 spiro atoms. The second-order valence-electron chi connectivity index (χ2n) is 7.69. The van der Waals surface area contributed by atoms with Crippen molar-refractivity contribution in [3.05, 3.63) is 53.7 Å². The number of carbonyl (C=O) groups is 1. The molecular weight excluding hydrogens is 370 g/mol. The number of nitrogens with zero attached hydrogens (tertiary/aromatic N) is 2. The number of hydrogen-bond donors (Lipinski definition) is 1. The third-order valence-corrected chi connectivity index (χ3v) is 6.98. The molecule has 0 radical (unpaired) electrons. The number of aromatic nitrogens is 1. The summed E-state index contributed by atoms with van der Waals surface area (Å²) in [6, 6.07) is 12.3. The van der Waals surface area contributed by atoms with Gasteiger partial charge < -0.3 is 9.73 Å². The Morgan fingerprint density at radius 2 is 1.89 bits per heavy atom. The molecule has 5 heterocycles. The lowest BCUT2D eigenvalue weighted by molar-refractivity contribution is 0.0211. The molecule has 144 valence electrons. The van der Waals surface area contributed by atoms with Crippen molar-refractivity contribution in [2.24, 2.45) is 5.92 Å². The van der Waals surface area contributed by atoms with Crippen molar-refractivity contribution < 1.29 is 9.21 Å². The quantitative estimate of drug-likeness (QED) is 0.719. The van der Waals surface area contributed by atoms with Crippen molar-refractivity contribution in [3.8, 4) is 21.9 Å². The predicted octanol–water partition coefficient (Wildman–Crippen LogP) is 4.28. The number of benzene rings is 1. The maximum absolute atomic E-state index is 12.8. The van der Waals surface area contributed by atoms with E-state index in [9.17, 15) is 4.79 Å². The van der Waals surface area contributed by atoms with Crippen LogP contribution in [0.15, 0.2) is 52.4 Å². The molecule has 1 amide bonds. The zero-order valence-corrected chi connectivity index (χ0v) is 16.6. The Morgan fingerprint density at radius 3 is 2.57 bits per heavy atom. The van der Waals surface area contributed by atoms with Gasteiger partial charge >= 0.3 is 0 Å². The van der Waals surface area contributed by atoms with Gasteiger partial charge in [-0.15, -0.1) is 11.3 Å². The number of nitrogens with one attached hydrogen (secondary N) is 1. The van der Waals surface area contributed by atoms with E-state index in [1.54, 1.807) is 23.6 Å². The van der Waals surface area contributed by atoms with Crippen LogP contribution in [0.5, 0.6) is 0 Å². The minimum absolute atomic E-state index is 0.115. The van der Waals surface area contributed by atoms with Crippen molar-refractivity contribution in [2.45, 2.75) is 31.8 Å². The second-order valence-corrected chi connectivity index (χ2v) is 8.59. The van der Waals surface area contributed by atoms with Gasteiger partial charge in [-0.2, -0.15) is 0 Å². The highest BCUT2D eigenvalue weighted by molar-refractivity contribution is 7.13. The normalized spacial score (nSPS) is 26.3. The van der Waals surface area contributed by atoms with Crippen LogP contribution in [0, 0.1) is 5.92 Å². The van der Waals surface area contributed by atoms with E-state index in [1.165, 1.54) is 12.8 Å². The van der Waals surface area contributed by atoms with Crippen molar-refractivity contribution in [3.63, 3.8) is 0 Å². The number of thiazole rings is 1. The van der Waals surface area contributed by atoms with Gasteiger partial charge in [0.1, 0.15) is 10.8 Å². The first kappa shape index (κ1) is 17.6. The Kier molecular flexibility index (Phi) is 4.53. The molecular formula is C22H23N3O2S. The monoisotopic (exact) mass is 393 g/mol. The van der Waals surface area contributed by atoms with Gasteiger partial charge in [-0.25, -0.2) is 4.98 Å². The van der Waals surface area contributed by atoms with E-state index in [4.69, 9.17) is 4.42 Å². The molecule has 5 nitrogen and oxygen atoms in total. The van der Waals surface area contributed by atoms with E-state index in [1.807, 2.05) is 35.7 Å². The predicted molar refractivity (Wildman–Crippen MR) is 110 cm³/mol. The SMILES string of the molecule is C[C@H]1[C@H](NC(=O)c2ccc(-c3ccc(-c4nccs4)cc3)o2)C2CCN1CC2. The minimum Gasteiger partial charge on any atom is -0.451 e. The van der Waals surface area contributed by atoms with E-state index >= 15 is 0 Å². The number of fused-ring (bicyclic) bond motifs is 3. The molecule has 0 saturated carbocycles. The Labute approximate surface area is 168 Å². The summed E-state index contributed by atoms with van der Waals surface area (Å²) in [5.74, 6) is 1.55. The average molecular weight is 394 g/mol. The van der Waals surface area contributed by atoms with Crippen LogP contribution in [-0.2, 0) is 0 Å². The lowest BCUT2D eigenvalue weighted by Crippen LogP contribution is -2.62. The maximum Gasteiger partial charge on any atom is 0.287 e. The summed E-state index contributed by atoms with van der Waals surface area (Å²) >= 11 is 1.62. The van der Waals surface area contributed by atoms with Crippen LogP contribution in [-0.4, -0.2) is 41.0 Å². The third-order valence-electron chi connectivity index (χ3n) is 6.15. The zero-order chi connectivity index (χ0) is 19.1. The van der Waals surface area contributed by atoms with Crippen LogP contribution in [0.2, 0.25) is 0 Å². The number of amides is 1. The van der Waals surface area contributed by atoms with Crippen LogP contribution < -0.4 is 5.32 Å². The molecule has 0 aliphatic carbocycles. The molecule has 1 aromatic carbocycles. The highest BCUT2D eigenvalue weighted by atomic mass is 32.1. The first-order valence-corrected chi connectivity index (χ1v) is 10.7. The summed E-state index contributed by atoms with van der Waals surface area (Å²) < 4.78 is 5.88. The number of hydrogen-bond acceptors (Lipinski definition) is 5. The van der Waals surface area contributed by atoms with Gasteiger partial charge in [0.05, 0.1) is 0 Å². The topological polar surface area (TPSA) is 58.4 Å². The fourth-order valence-corrected chi connectivity index (χ4v) is 5.17. The lowest BCUT2D eigenvalue weighted by atomic mass is 9.79. The first-order chi connectivity index (χ1) is 13.7. The third kappa shape index (κ3) is 3.16. The van der Waals surface area contributed by atoms with Crippen LogP contribution in [0.4, 0.5) is 0 Å². The number of furan rings is 1. The van der Waals surface area contributed by atoms with Gasteiger partial charge in [-0.3, -0.25) is 9.69 Å². The molecule has 28 heavy (non-hydrogen) atoms. The van der Waals surface area contributed by atoms with Crippen LogP contribution in [0.1, 0.15) is 30.3 Å². The Balaban J connectivity index is 1.30. The first-order valence-electron chi connectivity index (χ1n) is 9.84. The van der Waals surface area contributed by atoms with Gasteiger partial charge in [0, 0.05) is 34.8 Å². The van der Waals surface area contributed by atoms with E-state index in [-0.39, 0.29) is 11.9 Å².